The molecule has 0 radical (unpaired) electrons. The molecule has 0 aromatic rings. The zero-order valence-electron chi connectivity index (χ0n) is 14.2. The van der Waals surface area contributed by atoms with Crippen LogP contribution in [0.3, 0.4) is 0 Å². The number of carbonyl (C=O) groups excluding carboxylic acids is 1. The minimum Gasteiger partial charge on any atom is -0.444 e. The fourth-order valence-corrected chi connectivity index (χ4v) is 2.79. The van der Waals surface area contributed by atoms with E-state index in [1.807, 2.05) is 20.8 Å². The third kappa shape index (κ3) is 10.6. The van der Waals surface area contributed by atoms with Crippen LogP contribution >= 0.6 is 0 Å². The third-order valence-corrected chi connectivity index (χ3v) is 3.88. The Morgan fingerprint density at radius 1 is 1.00 bits per heavy atom. The molecule has 0 aromatic heterocycles. The highest BCUT2D eigenvalue weighted by molar-refractivity contribution is 5.67. The van der Waals surface area contributed by atoms with Crippen LogP contribution in [0.1, 0.15) is 72.1 Å². The Balaban J connectivity index is 2.05. The Morgan fingerprint density at radius 2 is 1.57 bits per heavy atom. The van der Waals surface area contributed by atoms with Gasteiger partial charge in [0.05, 0.1) is 0 Å². The van der Waals surface area contributed by atoms with E-state index >= 15 is 0 Å². The SMILES string of the molecule is CC(C)(C)OC(=O)NCCNCC1CCCCCCCC1. The van der Waals surface area contributed by atoms with Gasteiger partial charge < -0.3 is 15.4 Å². The maximum atomic E-state index is 11.5. The van der Waals surface area contributed by atoms with Crippen LogP contribution in [-0.4, -0.2) is 31.3 Å². The van der Waals surface area contributed by atoms with Crippen molar-refractivity contribution in [3.63, 3.8) is 0 Å². The molecule has 1 rings (SSSR count). The van der Waals surface area contributed by atoms with Crippen LogP contribution in [0.4, 0.5) is 4.79 Å². The van der Waals surface area contributed by atoms with Gasteiger partial charge in [-0.25, -0.2) is 4.79 Å². The molecule has 0 heterocycles. The first-order valence-electron chi connectivity index (χ1n) is 8.65. The third-order valence-electron chi connectivity index (χ3n) is 3.88. The van der Waals surface area contributed by atoms with Crippen molar-refractivity contribution in [2.24, 2.45) is 5.92 Å². The van der Waals surface area contributed by atoms with E-state index < -0.39 is 5.60 Å². The highest BCUT2D eigenvalue weighted by Gasteiger charge is 2.15. The van der Waals surface area contributed by atoms with Gasteiger partial charge in [-0.2, -0.15) is 0 Å². The van der Waals surface area contributed by atoms with Crippen molar-refractivity contribution in [2.45, 2.75) is 77.7 Å². The van der Waals surface area contributed by atoms with Crippen molar-refractivity contribution in [1.29, 1.82) is 0 Å². The second-order valence-electron chi connectivity index (χ2n) is 7.20. The molecule has 0 bridgehead atoms. The summed E-state index contributed by atoms with van der Waals surface area (Å²) in [6, 6.07) is 0. The molecule has 4 heteroatoms. The molecule has 0 unspecified atom stereocenters. The molecule has 21 heavy (non-hydrogen) atoms. The van der Waals surface area contributed by atoms with Crippen LogP contribution in [0.2, 0.25) is 0 Å². The Labute approximate surface area is 130 Å². The molecule has 0 spiro atoms. The first-order valence-corrected chi connectivity index (χ1v) is 8.65. The summed E-state index contributed by atoms with van der Waals surface area (Å²) in [5, 5.41) is 6.26. The summed E-state index contributed by atoms with van der Waals surface area (Å²) in [5.74, 6) is 0.810. The van der Waals surface area contributed by atoms with Crippen molar-refractivity contribution in [1.82, 2.24) is 10.6 Å². The predicted molar refractivity (Wildman–Crippen MR) is 87.5 cm³/mol. The van der Waals surface area contributed by atoms with Gasteiger partial charge in [0.25, 0.3) is 0 Å². The van der Waals surface area contributed by atoms with E-state index in [0.717, 1.165) is 19.0 Å². The Bertz CT molecular complexity index is 277. The summed E-state index contributed by atoms with van der Waals surface area (Å²) in [7, 11) is 0. The number of nitrogens with one attached hydrogen (secondary N) is 2. The number of amides is 1. The lowest BCUT2D eigenvalue weighted by molar-refractivity contribution is 0.0528. The molecule has 2 N–H and O–H groups in total. The lowest BCUT2D eigenvalue weighted by Gasteiger charge is -2.20. The fourth-order valence-electron chi connectivity index (χ4n) is 2.79. The molecule has 0 saturated heterocycles. The van der Waals surface area contributed by atoms with Gasteiger partial charge in [-0.3, -0.25) is 0 Å². The molecule has 1 amide bonds. The normalized spacial score (nSPS) is 18.4. The van der Waals surface area contributed by atoms with E-state index in [9.17, 15) is 4.79 Å². The summed E-state index contributed by atoms with van der Waals surface area (Å²) in [6.07, 6.45) is 10.8. The second-order valence-corrected chi connectivity index (χ2v) is 7.20. The molecule has 124 valence electrons. The fraction of sp³-hybridized carbons (Fsp3) is 0.941. The molecule has 0 aromatic carbocycles. The minimum absolute atomic E-state index is 0.327. The number of alkyl carbamates (subject to hydrolysis) is 1. The van der Waals surface area contributed by atoms with Crippen molar-refractivity contribution >= 4 is 6.09 Å². The molecule has 1 fully saturated rings. The summed E-state index contributed by atoms with van der Waals surface area (Å²) in [6.45, 7) is 8.15. The Hall–Kier alpha value is -0.770. The van der Waals surface area contributed by atoms with Gasteiger partial charge in [0, 0.05) is 13.1 Å². The highest BCUT2D eigenvalue weighted by Crippen LogP contribution is 2.21. The summed E-state index contributed by atoms with van der Waals surface area (Å²) >= 11 is 0. The molecule has 0 aliphatic heterocycles. The van der Waals surface area contributed by atoms with E-state index in [-0.39, 0.29) is 6.09 Å². The molecule has 1 aliphatic carbocycles. The lowest BCUT2D eigenvalue weighted by atomic mass is 9.97. The first kappa shape index (κ1) is 18.3. The minimum atomic E-state index is -0.422. The monoisotopic (exact) mass is 298 g/mol. The standard InChI is InChI=1S/C17H34N2O2/c1-17(2,3)21-16(20)19-13-12-18-14-15-10-8-6-4-5-7-9-11-15/h15,18H,4-14H2,1-3H3,(H,19,20). The van der Waals surface area contributed by atoms with Crippen molar-refractivity contribution in [3.8, 4) is 0 Å². The van der Waals surface area contributed by atoms with E-state index in [4.69, 9.17) is 4.74 Å². The molecule has 1 saturated carbocycles. The quantitative estimate of drug-likeness (QED) is 0.758. The molecule has 4 nitrogen and oxygen atoms in total. The molecular weight excluding hydrogens is 264 g/mol. The van der Waals surface area contributed by atoms with Crippen LogP contribution in [0, 0.1) is 5.92 Å². The number of hydrogen-bond acceptors (Lipinski definition) is 3. The smallest absolute Gasteiger partial charge is 0.407 e. The van der Waals surface area contributed by atoms with Gasteiger partial charge >= 0.3 is 6.09 Å². The lowest BCUT2D eigenvalue weighted by Crippen LogP contribution is -2.37. The average Bonchev–Trinajstić information content (AvgIpc) is 2.50. The van der Waals surface area contributed by atoms with Gasteiger partial charge in [0.1, 0.15) is 5.60 Å². The van der Waals surface area contributed by atoms with Crippen LogP contribution < -0.4 is 10.6 Å². The van der Waals surface area contributed by atoms with Crippen molar-refractivity contribution < 1.29 is 9.53 Å². The summed E-state index contributed by atoms with van der Waals surface area (Å²) in [4.78, 5) is 11.5. The van der Waals surface area contributed by atoms with Gasteiger partial charge in [-0.05, 0) is 46.1 Å². The van der Waals surface area contributed by atoms with Gasteiger partial charge in [0.15, 0.2) is 0 Å². The summed E-state index contributed by atoms with van der Waals surface area (Å²) in [5.41, 5.74) is -0.422. The average molecular weight is 298 g/mol. The molecule has 1 aliphatic rings. The van der Waals surface area contributed by atoms with Crippen molar-refractivity contribution in [3.05, 3.63) is 0 Å². The number of carbonyl (C=O) groups is 1. The van der Waals surface area contributed by atoms with E-state index in [1.165, 1.54) is 51.4 Å². The van der Waals surface area contributed by atoms with Crippen LogP contribution in [0.25, 0.3) is 0 Å². The first-order chi connectivity index (χ1) is 9.97. The predicted octanol–water partition coefficient (Wildman–Crippen LogP) is 3.85. The van der Waals surface area contributed by atoms with Gasteiger partial charge in [-0.15, -0.1) is 0 Å². The number of ether oxygens (including phenoxy) is 1. The second kappa shape index (κ2) is 10.0. The Morgan fingerprint density at radius 3 is 2.14 bits per heavy atom. The van der Waals surface area contributed by atoms with Crippen LogP contribution in [-0.2, 0) is 4.74 Å². The number of rotatable bonds is 5. The van der Waals surface area contributed by atoms with Gasteiger partial charge in [0.2, 0.25) is 0 Å². The number of hydrogen-bond donors (Lipinski definition) is 2. The van der Waals surface area contributed by atoms with E-state index in [1.54, 1.807) is 0 Å². The Kier molecular flexibility index (Phi) is 8.74. The largest absolute Gasteiger partial charge is 0.444 e. The maximum absolute atomic E-state index is 11.5. The van der Waals surface area contributed by atoms with Crippen molar-refractivity contribution in [2.75, 3.05) is 19.6 Å². The van der Waals surface area contributed by atoms with Crippen LogP contribution in [0.5, 0.6) is 0 Å². The van der Waals surface area contributed by atoms with Gasteiger partial charge in [-0.1, -0.05) is 38.5 Å². The molecule has 0 atom stereocenters. The zero-order valence-corrected chi connectivity index (χ0v) is 14.2. The topological polar surface area (TPSA) is 50.4 Å². The highest BCUT2D eigenvalue weighted by atomic mass is 16.6. The van der Waals surface area contributed by atoms with E-state index in [0.29, 0.717) is 6.54 Å². The van der Waals surface area contributed by atoms with E-state index in [2.05, 4.69) is 10.6 Å². The molecular formula is C17H34N2O2. The zero-order chi connectivity index (χ0) is 15.6. The van der Waals surface area contributed by atoms with Crippen LogP contribution in [0.15, 0.2) is 0 Å². The maximum Gasteiger partial charge on any atom is 0.407 e. The summed E-state index contributed by atoms with van der Waals surface area (Å²) < 4.78 is 5.20.